The number of benzene rings is 6. The van der Waals surface area contributed by atoms with Crippen LogP contribution in [0.25, 0.3) is 27.6 Å². The third kappa shape index (κ3) is 5.36. The van der Waals surface area contributed by atoms with E-state index in [1.807, 2.05) is 6.20 Å². The Hall–Kier alpha value is -5.44. The van der Waals surface area contributed by atoms with Crippen molar-refractivity contribution in [3.63, 3.8) is 0 Å². The molecule has 0 atom stereocenters. The number of aromatic nitrogens is 2. The summed E-state index contributed by atoms with van der Waals surface area (Å²) in [5.74, 6) is 1.28. The third-order valence-corrected chi connectivity index (χ3v) is 10.5. The smallest absolute Gasteiger partial charge is 0.355 e. The van der Waals surface area contributed by atoms with Crippen LogP contribution in [0, 0.1) is 12.1 Å². The van der Waals surface area contributed by atoms with Gasteiger partial charge in [-0.15, -0.1) is 22.6 Å². The second-order valence-electron chi connectivity index (χ2n) is 13.8. The first-order valence-electron chi connectivity index (χ1n) is 17.7. The first kappa shape index (κ1) is 33.7. The molecule has 8 aromatic rings. The normalized spacial score (nSPS) is 12.8. The van der Waals surface area contributed by atoms with Crippen molar-refractivity contribution < 1.29 is 21.1 Å². The summed E-state index contributed by atoms with van der Waals surface area (Å²) in [6.07, 6.45) is 1.93. The van der Waals surface area contributed by atoms with E-state index in [2.05, 4.69) is 199 Å². The Morgan fingerprint density at radius 3 is 2.02 bits per heavy atom. The molecule has 0 bridgehead atoms. The number of rotatable bonds is 7. The molecule has 1 aliphatic rings. The predicted octanol–water partition coefficient (Wildman–Crippen LogP) is 10.8. The second kappa shape index (κ2) is 13.6. The van der Waals surface area contributed by atoms with Gasteiger partial charge in [0.2, 0.25) is 0 Å². The van der Waals surface area contributed by atoms with E-state index in [1.165, 1.54) is 22.3 Å². The van der Waals surface area contributed by atoms with E-state index in [4.69, 9.17) is 4.98 Å². The Morgan fingerprint density at radius 1 is 0.635 bits per heavy atom. The molecule has 0 spiro atoms. The van der Waals surface area contributed by atoms with Gasteiger partial charge in [0.15, 0.2) is 0 Å². The van der Waals surface area contributed by atoms with Crippen LogP contribution in [0.4, 0.5) is 17.1 Å². The zero-order chi connectivity index (χ0) is 34.5. The first-order valence-corrected chi connectivity index (χ1v) is 17.7. The molecule has 6 aromatic carbocycles. The molecular weight excluding hydrogens is 816 g/mol. The molecule has 4 nitrogen and oxygen atoms in total. The predicted molar refractivity (Wildman–Crippen MR) is 210 cm³/mol. The van der Waals surface area contributed by atoms with Crippen molar-refractivity contribution in [2.45, 2.75) is 25.2 Å². The van der Waals surface area contributed by atoms with E-state index in [-0.39, 0.29) is 21.1 Å². The maximum Gasteiger partial charge on any atom is 2.00 e. The number of nitrogens with zero attached hydrogens (tertiary/aromatic N) is 4. The topological polar surface area (TPSA) is 24.3 Å². The maximum atomic E-state index is 4.94. The summed E-state index contributed by atoms with van der Waals surface area (Å²) in [4.78, 5) is 9.59. The molecule has 0 saturated heterocycles. The standard InChI is InChI=1S/C47H38N4.Pt/c1-33(2)34-27-28-48-46(29-34)51-42-22-11-10-21-40(42)41-26-25-38(31-45(41)51)47(35-15-6-4-7-16-35,36-17-8-5-9-18-36)37-19-14-20-39(30-37)50-32-49(3)43-23-12-13-24-44(43)50;/h4-29,33H,32H2,1-3H3;/q-2;+2. The van der Waals surface area contributed by atoms with Gasteiger partial charge in [-0.3, -0.25) is 0 Å². The first-order chi connectivity index (χ1) is 25.0. The van der Waals surface area contributed by atoms with Crippen LogP contribution < -0.4 is 9.80 Å². The number of hydrogen-bond donors (Lipinski definition) is 0. The molecule has 256 valence electrons. The summed E-state index contributed by atoms with van der Waals surface area (Å²) < 4.78 is 2.29. The zero-order valence-corrected chi connectivity index (χ0v) is 31.7. The largest absolute Gasteiger partial charge is 2.00 e. The van der Waals surface area contributed by atoms with E-state index in [0.29, 0.717) is 5.92 Å². The van der Waals surface area contributed by atoms with Crippen molar-refractivity contribution in [3.05, 3.63) is 198 Å². The van der Waals surface area contributed by atoms with Crippen molar-refractivity contribution in [1.82, 2.24) is 9.55 Å². The Morgan fingerprint density at radius 2 is 1.29 bits per heavy atom. The fraction of sp³-hybridized carbons (Fsp3) is 0.128. The van der Waals surface area contributed by atoms with Crippen molar-refractivity contribution in [1.29, 1.82) is 0 Å². The van der Waals surface area contributed by atoms with E-state index in [9.17, 15) is 0 Å². The fourth-order valence-corrected chi connectivity index (χ4v) is 7.99. The number of pyridine rings is 1. The Labute approximate surface area is 320 Å². The molecule has 5 heteroatoms. The van der Waals surface area contributed by atoms with Gasteiger partial charge in [0.1, 0.15) is 5.82 Å². The van der Waals surface area contributed by atoms with Gasteiger partial charge in [-0.05, 0) is 58.3 Å². The van der Waals surface area contributed by atoms with Gasteiger partial charge in [0.25, 0.3) is 0 Å². The van der Waals surface area contributed by atoms with Gasteiger partial charge < -0.3 is 14.4 Å². The average molecular weight is 854 g/mol. The van der Waals surface area contributed by atoms with Crippen molar-refractivity contribution in [3.8, 4) is 5.82 Å². The number of para-hydroxylation sites is 3. The van der Waals surface area contributed by atoms with Crippen LogP contribution in [0.3, 0.4) is 0 Å². The number of hydrogen-bond acceptors (Lipinski definition) is 3. The van der Waals surface area contributed by atoms with E-state index in [0.717, 1.165) is 56.8 Å². The van der Waals surface area contributed by atoms with Gasteiger partial charge >= 0.3 is 21.1 Å². The van der Waals surface area contributed by atoms with E-state index >= 15 is 0 Å². The Kier molecular flexibility index (Phi) is 8.81. The molecule has 1 aliphatic heterocycles. The number of fused-ring (bicyclic) bond motifs is 4. The minimum atomic E-state index is -0.730. The molecule has 3 heterocycles. The summed E-state index contributed by atoms with van der Waals surface area (Å²) in [6.45, 7) is 5.21. The van der Waals surface area contributed by atoms with Crippen molar-refractivity contribution in [2.75, 3.05) is 23.5 Å². The minimum Gasteiger partial charge on any atom is -0.355 e. The van der Waals surface area contributed by atoms with E-state index < -0.39 is 5.41 Å². The quantitative estimate of drug-likeness (QED) is 0.118. The van der Waals surface area contributed by atoms with Crippen molar-refractivity contribution in [2.24, 2.45) is 0 Å². The van der Waals surface area contributed by atoms with Crippen LogP contribution in [0.1, 0.15) is 47.6 Å². The summed E-state index contributed by atoms with van der Waals surface area (Å²) in [7, 11) is 2.15. The van der Waals surface area contributed by atoms with Crippen LogP contribution in [-0.2, 0) is 26.5 Å². The second-order valence-corrected chi connectivity index (χ2v) is 13.8. The minimum absolute atomic E-state index is 0. The average Bonchev–Trinajstić information content (AvgIpc) is 3.70. The van der Waals surface area contributed by atoms with E-state index in [1.54, 1.807) is 0 Å². The number of anilines is 3. The van der Waals surface area contributed by atoms with Crippen LogP contribution >= 0.6 is 0 Å². The van der Waals surface area contributed by atoms with Gasteiger partial charge in [-0.25, -0.2) is 4.98 Å². The summed E-state index contributed by atoms with van der Waals surface area (Å²) in [6, 6.07) is 62.5. The zero-order valence-electron chi connectivity index (χ0n) is 29.4. The molecule has 0 unspecified atom stereocenters. The molecule has 0 radical (unpaired) electrons. The summed E-state index contributed by atoms with van der Waals surface area (Å²) in [5.41, 5.74) is 10.5. The third-order valence-electron chi connectivity index (χ3n) is 10.5. The molecule has 0 N–H and O–H groups in total. The monoisotopic (exact) mass is 853 g/mol. The van der Waals surface area contributed by atoms with Crippen LogP contribution in [0.2, 0.25) is 0 Å². The summed E-state index contributed by atoms with van der Waals surface area (Å²) >= 11 is 0. The van der Waals surface area contributed by atoms with Crippen LogP contribution in [0.15, 0.2) is 158 Å². The van der Waals surface area contributed by atoms with Crippen LogP contribution in [-0.4, -0.2) is 23.3 Å². The van der Waals surface area contributed by atoms with Gasteiger partial charge in [-0.2, -0.15) is 36.4 Å². The molecular formula is C47H38N4Pt. The molecule has 2 aromatic heterocycles. The van der Waals surface area contributed by atoms with Gasteiger partial charge in [-0.1, -0.05) is 116 Å². The Bertz CT molecular complexity index is 2480. The molecule has 52 heavy (non-hydrogen) atoms. The van der Waals surface area contributed by atoms with Crippen molar-refractivity contribution >= 4 is 38.9 Å². The fourth-order valence-electron chi connectivity index (χ4n) is 7.99. The molecule has 0 aliphatic carbocycles. The molecule has 9 rings (SSSR count). The van der Waals surface area contributed by atoms with Gasteiger partial charge in [0, 0.05) is 24.2 Å². The SMILES string of the molecule is CC(C)c1ccnc(-n2c3[c-]c(C(c4[c-]c(N5CN(C)c6ccccc65)ccc4)(c4ccccc4)c4ccccc4)ccc3c3ccccc32)c1.[Pt+2]. The molecule has 0 amide bonds. The van der Waals surface area contributed by atoms with Gasteiger partial charge in [0.05, 0.1) is 18.0 Å². The molecule has 0 fully saturated rings. The molecule has 0 saturated carbocycles. The summed E-state index contributed by atoms with van der Waals surface area (Å²) in [5, 5.41) is 2.33. The Balaban J connectivity index is 0.00000387. The maximum absolute atomic E-state index is 4.94. The van der Waals surface area contributed by atoms with Crippen LogP contribution in [0.5, 0.6) is 0 Å².